The van der Waals surface area contributed by atoms with Crippen LogP contribution < -0.4 is 11.1 Å². The molecule has 2 rings (SSSR count). The summed E-state index contributed by atoms with van der Waals surface area (Å²) in [6, 6.07) is 18.4. The number of amides is 2. The van der Waals surface area contributed by atoms with Gasteiger partial charge in [0.2, 0.25) is 11.8 Å². The molecule has 2 aromatic carbocycles. The van der Waals surface area contributed by atoms with Gasteiger partial charge in [0, 0.05) is 0 Å². The van der Waals surface area contributed by atoms with E-state index in [1.807, 2.05) is 74.5 Å². The molecule has 0 heterocycles. The largest absolute Gasteiger partial charge is 0.368 e. The van der Waals surface area contributed by atoms with Crippen LogP contribution in [0.25, 0.3) is 0 Å². The van der Waals surface area contributed by atoms with E-state index < -0.39 is 17.9 Å². The van der Waals surface area contributed by atoms with Crippen molar-refractivity contribution in [1.29, 1.82) is 0 Å². The second kappa shape index (κ2) is 8.29. The van der Waals surface area contributed by atoms with E-state index in [2.05, 4.69) is 5.32 Å². The van der Waals surface area contributed by atoms with Gasteiger partial charge in [-0.2, -0.15) is 0 Å². The molecule has 0 radical (unpaired) electrons. The average molecular weight is 324 g/mol. The van der Waals surface area contributed by atoms with E-state index in [0.717, 1.165) is 17.5 Å². The number of benzene rings is 2. The van der Waals surface area contributed by atoms with E-state index in [4.69, 9.17) is 5.73 Å². The van der Waals surface area contributed by atoms with Crippen molar-refractivity contribution in [2.45, 2.75) is 32.2 Å². The minimum absolute atomic E-state index is 0.0151. The van der Waals surface area contributed by atoms with E-state index >= 15 is 0 Å². The topological polar surface area (TPSA) is 72.2 Å². The third-order valence-electron chi connectivity index (χ3n) is 4.35. The summed E-state index contributed by atoms with van der Waals surface area (Å²) in [7, 11) is 0. The van der Waals surface area contributed by atoms with Crippen LogP contribution in [0.15, 0.2) is 60.7 Å². The van der Waals surface area contributed by atoms with E-state index in [0.29, 0.717) is 0 Å². The number of rotatable bonds is 7. The Kier molecular flexibility index (Phi) is 6.13. The molecule has 4 nitrogen and oxygen atoms in total. The summed E-state index contributed by atoms with van der Waals surface area (Å²) in [5.74, 6) is -1.20. The van der Waals surface area contributed by atoms with Crippen LogP contribution in [0.3, 0.4) is 0 Å². The van der Waals surface area contributed by atoms with Crippen molar-refractivity contribution in [2.75, 3.05) is 0 Å². The zero-order valence-electron chi connectivity index (χ0n) is 14.1. The Bertz CT molecular complexity index is 631. The Hall–Kier alpha value is -2.62. The number of nitrogens with two attached hydrogens (primary N) is 1. The molecule has 0 aliphatic carbocycles. The van der Waals surface area contributed by atoms with Gasteiger partial charge >= 0.3 is 0 Å². The SMILES string of the molecule is CC[C@H](C)[C@H](NC(=O)C(c1ccccc1)c1ccccc1)C(N)=O. The second-order valence-electron chi connectivity index (χ2n) is 6.03. The standard InChI is InChI=1S/C20H24N2O2/c1-3-14(2)18(19(21)23)22-20(24)17(15-10-6-4-7-11-15)16-12-8-5-9-13-16/h4-14,17-18H,3H2,1-2H3,(H2,21,23)(H,22,24)/t14-,18-/m0/s1. The van der Waals surface area contributed by atoms with Crippen molar-refractivity contribution in [1.82, 2.24) is 5.32 Å². The first kappa shape index (κ1) is 17.7. The van der Waals surface area contributed by atoms with Crippen LogP contribution in [-0.4, -0.2) is 17.9 Å². The Morgan fingerprint density at radius 2 is 1.42 bits per heavy atom. The van der Waals surface area contributed by atoms with Gasteiger partial charge in [-0.05, 0) is 17.0 Å². The van der Waals surface area contributed by atoms with E-state index in [1.165, 1.54) is 0 Å². The van der Waals surface area contributed by atoms with Crippen LogP contribution in [0.2, 0.25) is 0 Å². The van der Waals surface area contributed by atoms with Crippen molar-refractivity contribution in [3.8, 4) is 0 Å². The highest BCUT2D eigenvalue weighted by Crippen LogP contribution is 2.25. The maximum absolute atomic E-state index is 13.0. The van der Waals surface area contributed by atoms with Gasteiger partial charge in [-0.1, -0.05) is 80.9 Å². The van der Waals surface area contributed by atoms with Crippen LogP contribution >= 0.6 is 0 Å². The molecule has 0 aliphatic heterocycles. The summed E-state index contributed by atoms with van der Waals surface area (Å²) in [5.41, 5.74) is 7.25. The second-order valence-corrected chi connectivity index (χ2v) is 6.03. The third-order valence-corrected chi connectivity index (χ3v) is 4.35. The minimum atomic E-state index is -0.669. The van der Waals surface area contributed by atoms with E-state index in [-0.39, 0.29) is 11.8 Å². The molecule has 2 amide bonds. The maximum atomic E-state index is 13.0. The molecule has 2 aromatic rings. The number of hydrogen-bond acceptors (Lipinski definition) is 2. The monoisotopic (exact) mass is 324 g/mol. The number of hydrogen-bond donors (Lipinski definition) is 2. The molecule has 0 fully saturated rings. The first-order chi connectivity index (χ1) is 11.5. The highest BCUT2D eigenvalue weighted by molar-refractivity contribution is 5.92. The molecule has 24 heavy (non-hydrogen) atoms. The molecule has 0 bridgehead atoms. The smallest absolute Gasteiger partial charge is 0.240 e. The molecular weight excluding hydrogens is 300 g/mol. The molecule has 0 saturated heterocycles. The number of nitrogens with one attached hydrogen (secondary N) is 1. The lowest BCUT2D eigenvalue weighted by molar-refractivity contribution is -0.128. The fraction of sp³-hybridized carbons (Fsp3) is 0.300. The molecular formula is C20H24N2O2. The summed E-state index contributed by atoms with van der Waals surface area (Å²) < 4.78 is 0. The van der Waals surface area contributed by atoms with Crippen molar-refractivity contribution >= 4 is 11.8 Å². The van der Waals surface area contributed by atoms with Crippen molar-refractivity contribution < 1.29 is 9.59 Å². The normalized spacial score (nSPS) is 13.3. The molecule has 0 aliphatic rings. The van der Waals surface area contributed by atoms with Gasteiger partial charge in [0.1, 0.15) is 6.04 Å². The number of primary amides is 1. The van der Waals surface area contributed by atoms with Gasteiger partial charge in [-0.15, -0.1) is 0 Å². The molecule has 2 atom stereocenters. The first-order valence-electron chi connectivity index (χ1n) is 8.24. The summed E-state index contributed by atoms with van der Waals surface area (Å²) in [4.78, 5) is 24.7. The summed E-state index contributed by atoms with van der Waals surface area (Å²) in [6.45, 7) is 3.88. The molecule has 3 N–H and O–H groups in total. The predicted molar refractivity (Wildman–Crippen MR) is 95.3 cm³/mol. The van der Waals surface area contributed by atoms with Gasteiger partial charge in [-0.3, -0.25) is 9.59 Å². The van der Waals surface area contributed by atoms with E-state index in [9.17, 15) is 9.59 Å². The highest BCUT2D eigenvalue weighted by atomic mass is 16.2. The third kappa shape index (κ3) is 4.22. The Morgan fingerprint density at radius 1 is 0.958 bits per heavy atom. The Labute approximate surface area is 143 Å². The average Bonchev–Trinajstić information content (AvgIpc) is 2.61. The maximum Gasteiger partial charge on any atom is 0.240 e. The Balaban J connectivity index is 2.34. The minimum Gasteiger partial charge on any atom is -0.368 e. The van der Waals surface area contributed by atoms with Gasteiger partial charge in [0.15, 0.2) is 0 Å². The van der Waals surface area contributed by atoms with Crippen LogP contribution in [0, 0.1) is 5.92 Å². The van der Waals surface area contributed by atoms with Crippen molar-refractivity contribution in [3.63, 3.8) is 0 Å². The van der Waals surface area contributed by atoms with Gasteiger partial charge in [0.25, 0.3) is 0 Å². The lowest BCUT2D eigenvalue weighted by Gasteiger charge is -2.25. The molecule has 0 aromatic heterocycles. The van der Waals surface area contributed by atoms with Crippen LogP contribution in [0.4, 0.5) is 0 Å². The zero-order chi connectivity index (χ0) is 17.5. The number of carbonyl (C=O) groups excluding carboxylic acids is 2. The van der Waals surface area contributed by atoms with Gasteiger partial charge < -0.3 is 11.1 Å². The van der Waals surface area contributed by atoms with Crippen LogP contribution in [-0.2, 0) is 9.59 Å². The zero-order valence-corrected chi connectivity index (χ0v) is 14.1. The number of carbonyl (C=O) groups is 2. The summed E-state index contributed by atoms with van der Waals surface area (Å²) in [5, 5.41) is 2.85. The predicted octanol–water partition coefficient (Wildman–Crippen LogP) is 2.83. The van der Waals surface area contributed by atoms with Crippen LogP contribution in [0.1, 0.15) is 37.3 Å². The lowest BCUT2D eigenvalue weighted by Crippen LogP contribution is -2.49. The van der Waals surface area contributed by atoms with Gasteiger partial charge in [0.05, 0.1) is 5.92 Å². The molecule has 0 saturated carbocycles. The van der Waals surface area contributed by atoms with Gasteiger partial charge in [-0.25, -0.2) is 0 Å². The Morgan fingerprint density at radius 3 is 1.79 bits per heavy atom. The summed E-state index contributed by atoms with van der Waals surface area (Å²) >= 11 is 0. The van der Waals surface area contributed by atoms with Crippen LogP contribution in [0.5, 0.6) is 0 Å². The lowest BCUT2D eigenvalue weighted by atomic mass is 9.89. The molecule has 0 spiro atoms. The first-order valence-corrected chi connectivity index (χ1v) is 8.24. The van der Waals surface area contributed by atoms with Crippen molar-refractivity contribution in [2.24, 2.45) is 11.7 Å². The van der Waals surface area contributed by atoms with Crippen molar-refractivity contribution in [3.05, 3.63) is 71.8 Å². The quantitative estimate of drug-likeness (QED) is 0.822. The summed E-state index contributed by atoms with van der Waals surface area (Å²) in [6.07, 6.45) is 0.759. The molecule has 126 valence electrons. The van der Waals surface area contributed by atoms with E-state index in [1.54, 1.807) is 0 Å². The fourth-order valence-corrected chi connectivity index (χ4v) is 2.75. The molecule has 0 unspecified atom stereocenters. The highest BCUT2D eigenvalue weighted by Gasteiger charge is 2.29. The molecule has 4 heteroatoms. The fourth-order valence-electron chi connectivity index (χ4n) is 2.75.